The van der Waals surface area contributed by atoms with Gasteiger partial charge >= 0.3 is 11.9 Å². The summed E-state index contributed by atoms with van der Waals surface area (Å²) in [4.78, 5) is 26.8. The van der Waals surface area contributed by atoms with Gasteiger partial charge in [-0.3, -0.25) is 0 Å². The topological polar surface area (TPSA) is 52.6 Å². The maximum atomic E-state index is 13.4. The highest BCUT2D eigenvalue weighted by atomic mass is 127. The van der Waals surface area contributed by atoms with Crippen molar-refractivity contribution in [2.45, 2.75) is 19.1 Å². The molecule has 3 aliphatic rings. The molecule has 2 bridgehead atoms. The molecule has 0 heterocycles. The number of esters is 2. The first-order valence-corrected chi connectivity index (χ1v) is 13.7. The molecule has 0 amide bonds. The van der Waals surface area contributed by atoms with Gasteiger partial charge in [0, 0.05) is 0 Å². The molecule has 0 N–H and O–H groups in total. The molecule has 4 aromatic rings. The zero-order valence-corrected chi connectivity index (χ0v) is 23.3. The Hall–Kier alpha value is -2.72. The molecule has 0 radical (unpaired) electrons. The maximum Gasteiger partial charge on any atom is 0.338 e. The van der Waals surface area contributed by atoms with Crippen LogP contribution in [0.1, 0.15) is 43.0 Å². The lowest BCUT2D eigenvalue weighted by molar-refractivity contribution is -0.0612. The second-order valence-electron chi connectivity index (χ2n) is 8.90. The zero-order chi connectivity index (χ0) is 24.9. The highest BCUT2D eigenvalue weighted by molar-refractivity contribution is 14.1. The van der Waals surface area contributed by atoms with Gasteiger partial charge in [0.2, 0.25) is 0 Å². The van der Waals surface area contributed by atoms with Gasteiger partial charge in [0.25, 0.3) is 0 Å². The molecule has 6 heteroatoms. The quantitative estimate of drug-likeness (QED) is 0.134. The van der Waals surface area contributed by atoms with Crippen molar-refractivity contribution in [2.75, 3.05) is 0 Å². The summed E-state index contributed by atoms with van der Waals surface area (Å²) in [7, 11) is 0. The Bertz CT molecular complexity index is 1310. The van der Waals surface area contributed by atoms with Crippen LogP contribution in [-0.4, -0.2) is 24.1 Å². The molecule has 2 unspecified atom stereocenters. The van der Waals surface area contributed by atoms with Crippen LogP contribution < -0.4 is 0 Å². The van der Waals surface area contributed by atoms with E-state index in [1.807, 2.05) is 36.4 Å². The van der Waals surface area contributed by atoms with E-state index in [9.17, 15) is 9.59 Å². The monoisotopic (exact) mass is 698 g/mol. The van der Waals surface area contributed by atoms with E-state index in [2.05, 4.69) is 69.4 Å². The van der Waals surface area contributed by atoms with Gasteiger partial charge in [0.1, 0.15) is 6.84 Å². The molecule has 0 fully saturated rings. The van der Waals surface area contributed by atoms with Crippen molar-refractivity contribution >= 4 is 57.1 Å². The van der Waals surface area contributed by atoms with E-state index in [4.69, 9.17) is 9.47 Å². The maximum absolute atomic E-state index is 13.4. The number of ether oxygens (including phenoxy) is 2. The van der Waals surface area contributed by atoms with E-state index in [0.717, 1.165) is 22.3 Å². The first-order valence-electron chi connectivity index (χ1n) is 11.6. The number of alkyl halides is 2. The van der Waals surface area contributed by atoms with E-state index in [-0.39, 0.29) is 0 Å². The van der Waals surface area contributed by atoms with Crippen molar-refractivity contribution in [3.63, 3.8) is 0 Å². The first kappa shape index (κ1) is 23.7. The molecule has 178 valence electrons. The summed E-state index contributed by atoms with van der Waals surface area (Å²) in [5.74, 6) is -0.889. The van der Waals surface area contributed by atoms with Crippen LogP contribution in [0.3, 0.4) is 0 Å². The number of hydrogen-bond donors (Lipinski definition) is 0. The Morgan fingerprint density at radius 3 is 1.08 bits per heavy atom. The Balaban J connectivity index is 1.54. The Morgan fingerprint density at radius 2 is 0.778 bits per heavy atom. The Labute approximate surface area is 236 Å². The Kier molecular flexibility index (Phi) is 5.91. The zero-order valence-electron chi connectivity index (χ0n) is 18.9. The number of rotatable bonds is 4. The van der Waals surface area contributed by atoms with Crippen LogP contribution in [0.4, 0.5) is 0 Å². The highest BCUT2D eigenvalue weighted by Gasteiger charge is 2.67. The van der Waals surface area contributed by atoms with Crippen molar-refractivity contribution in [3.8, 4) is 0 Å². The van der Waals surface area contributed by atoms with Crippen LogP contribution in [0, 0.1) is 0 Å². The van der Waals surface area contributed by atoms with E-state index in [1.165, 1.54) is 0 Å². The van der Waals surface area contributed by atoms with Crippen LogP contribution in [0.25, 0.3) is 0 Å². The molecule has 0 saturated carbocycles. The third kappa shape index (κ3) is 3.44. The molecule has 3 aliphatic carbocycles. The fourth-order valence-electron chi connectivity index (χ4n) is 5.36. The van der Waals surface area contributed by atoms with Crippen LogP contribution in [-0.2, 0) is 16.3 Å². The Morgan fingerprint density at radius 1 is 0.500 bits per heavy atom. The van der Waals surface area contributed by atoms with E-state index >= 15 is 0 Å². The summed E-state index contributed by atoms with van der Waals surface area (Å²) < 4.78 is 11.1. The highest BCUT2D eigenvalue weighted by Crippen LogP contribution is 2.66. The minimum Gasteiger partial charge on any atom is -0.453 e. The molecule has 36 heavy (non-hydrogen) atoms. The standard InChI is InChI=1S/C30H20I2O4/c31-29-21-15-7-9-17-23(21)30(32,24-18-10-8-16-22(24)29)26(36-28(34)20-13-5-2-6-14-20)25(29)35-27(33)19-11-3-1-4-12-19/h1-18,25-26H/t25?,26?,29-,30+. The number of halogens is 2. The van der Waals surface area contributed by atoms with Crippen molar-refractivity contribution in [1.29, 1.82) is 0 Å². The number of carbonyl (C=O) groups is 2. The third-order valence-corrected chi connectivity index (χ3v) is 10.5. The van der Waals surface area contributed by atoms with Crippen LogP contribution in [0.5, 0.6) is 0 Å². The fourth-order valence-corrected chi connectivity index (χ4v) is 8.15. The van der Waals surface area contributed by atoms with Crippen LogP contribution in [0.2, 0.25) is 0 Å². The predicted octanol–water partition coefficient (Wildman–Crippen LogP) is 6.82. The molecule has 0 aromatic heterocycles. The molecule has 2 atom stereocenters. The van der Waals surface area contributed by atoms with Gasteiger partial charge in [-0.1, -0.05) is 130 Å². The number of fused-ring (bicyclic) bond motifs is 1. The lowest BCUT2D eigenvalue weighted by Crippen LogP contribution is -2.64. The van der Waals surface area contributed by atoms with Crippen molar-refractivity contribution < 1.29 is 19.1 Å². The number of benzene rings is 4. The van der Waals surface area contributed by atoms with Gasteiger partial charge in [0.05, 0.1) is 11.1 Å². The van der Waals surface area contributed by atoms with E-state index in [0.29, 0.717) is 11.1 Å². The second kappa shape index (κ2) is 8.99. The molecule has 7 rings (SSSR count). The van der Waals surface area contributed by atoms with Crippen LogP contribution in [0.15, 0.2) is 109 Å². The molecular formula is C30H20I2O4. The van der Waals surface area contributed by atoms with Crippen molar-refractivity contribution in [1.82, 2.24) is 0 Å². The summed E-state index contributed by atoms with van der Waals surface area (Å²) >= 11 is 4.80. The minimum absolute atomic E-state index is 0.445. The van der Waals surface area contributed by atoms with E-state index < -0.39 is 31.0 Å². The molecular weight excluding hydrogens is 678 g/mol. The average molecular weight is 698 g/mol. The molecule has 0 spiro atoms. The normalized spacial score (nSPS) is 25.4. The van der Waals surface area contributed by atoms with Crippen molar-refractivity contribution in [3.05, 3.63) is 143 Å². The largest absolute Gasteiger partial charge is 0.453 e. The van der Waals surface area contributed by atoms with E-state index in [1.54, 1.807) is 48.5 Å². The summed E-state index contributed by atoms with van der Waals surface area (Å²) in [6, 6.07) is 34.2. The smallest absolute Gasteiger partial charge is 0.338 e. The van der Waals surface area contributed by atoms with Gasteiger partial charge in [-0.05, 0) is 46.5 Å². The number of carbonyl (C=O) groups excluding carboxylic acids is 2. The van der Waals surface area contributed by atoms with Gasteiger partial charge in [-0.25, -0.2) is 9.59 Å². The molecule has 4 nitrogen and oxygen atoms in total. The van der Waals surface area contributed by atoms with Gasteiger partial charge in [0.15, 0.2) is 12.2 Å². The molecule has 0 saturated heterocycles. The lowest BCUT2D eigenvalue weighted by atomic mass is 9.60. The predicted molar refractivity (Wildman–Crippen MR) is 154 cm³/mol. The third-order valence-electron chi connectivity index (χ3n) is 6.97. The van der Waals surface area contributed by atoms with Crippen LogP contribution >= 0.6 is 45.2 Å². The lowest BCUT2D eigenvalue weighted by Gasteiger charge is -2.57. The van der Waals surface area contributed by atoms with Gasteiger partial charge in [-0.15, -0.1) is 0 Å². The summed E-state index contributed by atoms with van der Waals surface area (Å²) in [6.45, 7) is 0. The van der Waals surface area contributed by atoms with Gasteiger partial charge < -0.3 is 9.47 Å². The second-order valence-corrected chi connectivity index (χ2v) is 12.3. The number of hydrogen-bond acceptors (Lipinski definition) is 4. The van der Waals surface area contributed by atoms with Crippen molar-refractivity contribution in [2.24, 2.45) is 0 Å². The molecule has 4 aromatic carbocycles. The van der Waals surface area contributed by atoms with Gasteiger partial charge in [-0.2, -0.15) is 0 Å². The first-order chi connectivity index (χ1) is 17.5. The molecule has 0 aliphatic heterocycles. The fraction of sp³-hybridized carbons (Fsp3) is 0.133. The summed E-state index contributed by atoms with van der Waals surface area (Å²) in [5, 5.41) is 0. The summed E-state index contributed by atoms with van der Waals surface area (Å²) in [5.41, 5.74) is 5.17. The minimum atomic E-state index is -0.750. The summed E-state index contributed by atoms with van der Waals surface area (Å²) in [6.07, 6.45) is -1.50. The SMILES string of the molecule is O=C(OC1C(OC(=O)c2ccccc2)[C@]2(I)c3ccccc3[C@@]1(I)c1ccccc12)c1ccccc1. The average Bonchev–Trinajstić information content (AvgIpc) is 2.93.